The Morgan fingerprint density at radius 1 is 1.43 bits per heavy atom. The molecule has 0 fully saturated rings. The van der Waals surface area contributed by atoms with E-state index in [1.807, 2.05) is 0 Å². The van der Waals surface area contributed by atoms with Gasteiger partial charge in [0.1, 0.15) is 11.9 Å². The first kappa shape index (κ1) is 16.3. The van der Waals surface area contributed by atoms with Gasteiger partial charge in [-0.05, 0) is 19.4 Å². The van der Waals surface area contributed by atoms with Crippen molar-refractivity contribution < 1.29 is 19.5 Å². The molecule has 9 heteroatoms. The average molecular weight is 295 g/mol. The molecule has 1 aromatic rings. The van der Waals surface area contributed by atoms with E-state index in [-0.39, 0.29) is 19.4 Å². The fourth-order valence-corrected chi connectivity index (χ4v) is 1.53. The molecule has 1 aromatic heterocycles. The summed E-state index contributed by atoms with van der Waals surface area (Å²) in [6.07, 6.45) is 1.37. The van der Waals surface area contributed by atoms with Gasteiger partial charge in [-0.2, -0.15) is 0 Å². The van der Waals surface area contributed by atoms with E-state index >= 15 is 0 Å². The number of nitrogens with zero attached hydrogens (tertiary/aromatic N) is 2. The van der Waals surface area contributed by atoms with Crippen molar-refractivity contribution in [3.05, 3.63) is 23.8 Å². The van der Waals surface area contributed by atoms with Crippen molar-refractivity contribution in [3.63, 3.8) is 0 Å². The van der Waals surface area contributed by atoms with Gasteiger partial charge in [-0.15, -0.1) is 0 Å². The molecule has 0 spiro atoms. The van der Waals surface area contributed by atoms with Crippen LogP contribution in [0.15, 0.2) is 12.3 Å². The van der Waals surface area contributed by atoms with Crippen LogP contribution in [0, 0.1) is 6.92 Å². The number of carbonyl (C=O) groups excluding carboxylic acids is 2. The molecule has 0 saturated heterocycles. The van der Waals surface area contributed by atoms with Crippen LogP contribution in [0.4, 0.5) is 4.79 Å². The number of nitrogens with one attached hydrogen (secondary N) is 2. The molecule has 1 atom stereocenters. The maximum atomic E-state index is 11.6. The molecule has 3 amide bonds. The predicted molar refractivity (Wildman–Crippen MR) is 72.0 cm³/mol. The van der Waals surface area contributed by atoms with Crippen molar-refractivity contribution in [1.29, 1.82) is 0 Å². The second kappa shape index (κ2) is 7.78. The van der Waals surface area contributed by atoms with Gasteiger partial charge in [0, 0.05) is 12.6 Å². The fourth-order valence-electron chi connectivity index (χ4n) is 1.53. The monoisotopic (exact) mass is 295 g/mol. The van der Waals surface area contributed by atoms with Crippen LogP contribution in [0.3, 0.4) is 0 Å². The molecule has 0 saturated carbocycles. The number of aryl methyl sites for hydroxylation is 1. The van der Waals surface area contributed by atoms with Gasteiger partial charge in [-0.1, -0.05) is 0 Å². The number of hydrogen-bond donors (Lipinski definition) is 4. The van der Waals surface area contributed by atoms with Gasteiger partial charge >= 0.3 is 12.0 Å². The Morgan fingerprint density at radius 3 is 2.71 bits per heavy atom. The summed E-state index contributed by atoms with van der Waals surface area (Å²) in [5.74, 6) is -1.29. The van der Waals surface area contributed by atoms with Gasteiger partial charge < -0.3 is 21.5 Å². The minimum Gasteiger partial charge on any atom is -0.480 e. The SMILES string of the molecule is Cc1nccc(CNC(=O)N[C@H](CCC(N)=O)C(=O)O)n1. The minimum atomic E-state index is -1.23. The van der Waals surface area contributed by atoms with Gasteiger partial charge in [-0.3, -0.25) is 4.79 Å². The van der Waals surface area contributed by atoms with E-state index in [0.29, 0.717) is 11.5 Å². The number of rotatable bonds is 7. The fraction of sp³-hybridized carbons (Fsp3) is 0.417. The smallest absolute Gasteiger partial charge is 0.326 e. The molecular formula is C12H17N5O4. The van der Waals surface area contributed by atoms with E-state index in [1.54, 1.807) is 19.2 Å². The summed E-state index contributed by atoms with van der Waals surface area (Å²) in [6, 6.07) is -0.206. The Hall–Kier alpha value is -2.71. The number of hydrogen-bond acceptors (Lipinski definition) is 5. The van der Waals surface area contributed by atoms with Crippen molar-refractivity contribution in [2.75, 3.05) is 0 Å². The molecule has 0 aliphatic carbocycles. The largest absolute Gasteiger partial charge is 0.480 e. The maximum absolute atomic E-state index is 11.6. The maximum Gasteiger partial charge on any atom is 0.326 e. The molecule has 0 aromatic carbocycles. The van der Waals surface area contributed by atoms with Crippen molar-refractivity contribution in [3.8, 4) is 0 Å². The van der Waals surface area contributed by atoms with E-state index in [1.165, 1.54) is 0 Å². The first-order chi connectivity index (χ1) is 9.88. The zero-order valence-corrected chi connectivity index (χ0v) is 11.5. The lowest BCUT2D eigenvalue weighted by atomic mass is 10.1. The van der Waals surface area contributed by atoms with Gasteiger partial charge in [0.15, 0.2) is 0 Å². The van der Waals surface area contributed by atoms with Crippen LogP contribution in [0.2, 0.25) is 0 Å². The lowest BCUT2D eigenvalue weighted by molar-refractivity contribution is -0.139. The highest BCUT2D eigenvalue weighted by molar-refractivity contribution is 5.83. The number of carboxylic acid groups (broad SMARTS) is 1. The second-order valence-corrected chi connectivity index (χ2v) is 4.32. The molecule has 0 bridgehead atoms. The van der Waals surface area contributed by atoms with Crippen LogP contribution < -0.4 is 16.4 Å². The number of aliphatic carboxylic acids is 1. The minimum absolute atomic E-state index is 0.0648. The van der Waals surface area contributed by atoms with Crippen molar-refractivity contribution in [2.45, 2.75) is 32.4 Å². The summed E-state index contributed by atoms with van der Waals surface area (Å²) in [4.78, 5) is 41.2. The quantitative estimate of drug-likeness (QED) is 0.523. The zero-order chi connectivity index (χ0) is 15.8. The lowest BCUT2D eigenvalue weighted by Gasteiger charge is -2.14. The molecule has 5 N–H and O–H groups in total. The lowest BCUT2D eigenvalue weighted by Crippen LogP contribution is -2.46. The Morgan fingerprint density at radius 2 is 2.14 bits per heavy atom. The molecule has 114 valence electrons. The predicted octanol–water partition coefficient (Wildman–Crippen LogP) is -0.697. The molecule has 0 aliphatic rings. The molecule has 0 aliphatic heterocycles. The molecule has 9 nitrogen and oxygen atoms in total. The molecular weight excluding hydrogens is 278 g/mol. The Labute approximate surface area is 121 Å². The van der Waals surface area contributed by atoms with Crippen LogP contribution in [0.1, 0.15) is 24.4 Å². The summed E-state index contributed by atoms with van der Waals surface area (Å²) in [5, 5.41) is 13.7. The summed E-state index contributed by atoms with van der Waals surface area (Å²) in [7, 11) is 0. The number of carbonyl (C=O) groups is 3. The van der Waals surface area contributed by atoms with Crippen LogP contribution in [0.5, 0.6) is 0 Å². The summed E-state index contributed by atoms with van der Waals surface area (Å²) < 4.78 is 0. The van der Waals surface area contributed by atoms with Crippen LogP contribution in [-0.2, 0) is 16.1 Å². The molecule has 1 heterocycles. The first-order valence-corrected chi connectivity index (χ1v) is 6.22. The number of amides is 3. The third-order valence-corrected chi connectivity index (χ3v) is 2.55. The zero-order valence-electron chi connectivity index (χ0n) is 11.5. The van der Waals surface area contributed by atoms with Crippen molar-refractivity contribution in [1.82, 2.24) is 20.6 Å². The van der Waals surface area contributed by atoms with Gasteiger partial charge in [0.2, 0.25) is 5.91 Å². The van der Waals surface area contributed by atoms with E-state index in [4.69, 9.17) is 10.8 Å². The van der Waals surface area contributed by atoms with E-state index in [9.17, 15) is 14.4 Å². The third-order valence-electron chi connectivity index (χ3n) is 2.55. The number of primary amides is 1. The molecule has 0 unspecified atom stereocenters. The van der Waals surface area contributed by atoms with E-state index in [2.05, 4.69) is 20.6 Å². The van der Waals surface area contributed by atoms with E-state index in [0.717, 1.165) is 0 Å². The standard InChI is InChI=1S/C12H17N5O4/c1-7-14-5-4-8(16-7)6-15-12(21)17-9(11(19)20)2-3-10(13)18/h4-5,9H,2-3,6H2,1H3,(H2,13,18)(H,19,20)(H2,15,17,21)/t9-/m1/s1. The second-order valence-electron chi connectivity index (χ2n) is 4.32. The summed E-state index contributed by atoms with van der Waals surface area (Å²) in [5.41, 5.74) is 5.54. The number of urea groups is 1. The highest BCUT2D eigenvalue weighted by atomic mass is 16.4. The summed E-state index contributed by atoms with van der Waals surface area (Å²) in [6.45, 7) is 1.85. The van der Waals surface area contributed by atoms with Crippen molar-refractivity contribution in [2.24, 2.45) is 5.73 Å². The average Bonchev–Trinajstić information content (AvgIpc) is 2.40. The van der Waals surface area contributed by atoms with Crippen LogP contribution in [-0.4, -0.2) is 39.0 Å². The third kappa shape index (κ3) is 6.32. The number of aromatic nitrogens is 2. The van der Waals surface area contributed by atoms with Crippen molar-refractivity contribution >= 4 is 17.9 Å². The molecule has 21 heavy (non-hydrogen) atoms. The molecule has 0 radical (unpaired) electrons. The van der Waals surface area contributed by atoms with Crippen LogP contribution in [0.25, 0.3) is 0 Å². The topological polar surface area (TPSA) is 147 Å². The molecule has 1 rings (SSSR count). The number of carboxylic acids is 1. The van der Waals surface area contributed by atoms with Gasteiger partial charge in [-0.25, -0.2) is 19.6 Å². The highest BCUT2D eigenvalue weighted by Crippen LogP contribution is 1.98. The Balaban J connectivity index is 2.46. The Bertz CT molecular complexity index is 534. The van der Waals surface area contributed by atoms with Gasteiger partial charge in [0.25, 0.3) is 0 Å². The normalized spacial score (nSPS) is 11.5. The van der Waals surface area contributed by atoms with E-state index < -0.39 is 23.9 Å². The highest BCUT2D eigenvalue weighted by Gasteiger charge is 2.20. The van der Waals surface area contributed by atoms with Crippen LogP contribution >= 0.6 is 0 Å². The Kier molecular flexibility index (Phi) is 6.05. The first-order valence-electron chi connectivity index (χ1n) is 6.22. The summed E-state index contributed by atoms with van der Waals surface area (Å²) >= 11 is 0. The van der Waals surface area contributed by atoms with Gasteiger partial charge in [0.05, 0.1) is 12.2 Å². The number of nitrogens with two attached hydrogens (primary N) is 1.